The summed E-state index contributed by atoms with van der Waals surface area (Å²) in [6.45, 7) is 7.26. The van der Waals surface area contributed by atoms with Gasteiger partial charge in [-0.05, 0) is 71.3 Å². The maximum absolute atomic E-state index is 12.2. The predicted octanol–water partition coefficient (Wildman–Crippen LogP) is 3.32. The van der Waals surface area contributed by atoms with Gasteiger partial charge in [-0.25, -0.2) is 0 Å². The van der Waals surface area contributed by atoms with Crippen molar-refractivity contribution in [3.8, 4) is 0 Å². The van der Waals surface area contributed by atoms with Crippen LogP contribution in [-0.4, -0.2) is 42.7 Å². The van der Waals surface area contributed by atoms with E-state index in [4.69, 9.17) is 0 Å². The number of hydrogen-bond acceptors (Lipinski definition) is 3. The molecule has 1 amide bonds. The molecule has 122 valence electrons. The first-order valence-electron chi connectivity index (χ1n) is 8.24. The van der Waals surface area contributed by atoms with Crippen molar-refractivity contribution in [1.82, 2.24) is 10.2 Å². The van der Waals surface area contributed by atoms with Crippen LogP contribution in [0.2, 0.25) is 0 Å². The molecule has 22 heavy (non-hydrogen) atoms. The summed E-state index contributed by atoms with van der Waals surface area (Å²) in [5, 5.41) is 3.06. The van der Waals surface area contributed by atoms with Gasteiger partial charge in [-0.2, -0.15) is 0 Å². The minimum absolute atomic E-state index is 0.0415. The molecule has 2 rings (SSSR count). The molecule has 1 aliphatic heterocycles. The number of rotatable bonds is 6. The Balaban J connectivity index is 1.67. The molecule has 1 N–H and O–H groups in total. The number of hydrogen-bond donors (Lipinski definition) is 1. The molecule has 0 spiro atoms. The number of likely N-dealkylation sites (tertiary alicyclic amines) is 1. The van der Waals surface area contributed by atoms with Gasteiger partial charge in [-0.1, -0.05) is 17.7 Å². The molecule has 1 aliphatic rings. The van der Waals surface area contributed by atoms with Crippen molar-refractivity contribution < 1.29 is 4.79 Å². The first kappa shape index (κ1) is 17.4. The topological polar surface area (TPSA) is 32.3 Å². The lowest BCUT2D eigenvalue weighted by Gasteiger charge is -2.29. The van der Waals surface area contributed by atoms with E-state index in [0.29, 0.717) is 0 Å². The van der Waals surface area contributed by atoms with Gasteiger partial charge < -0.3 is 10.2 Å². The first-order valence-corrected chi connectivity index (χ1v) is 9.12. The van der Waals surface area contributed by atoms with Crippen molar-refractivity contribution in [3.05, 3.63) is 29.8 Å². The third-order valence-corrected chi connectivity index (χ3v) is 5.50. The van der Waals surface area contributed by atoms with Gasteiger partial charge in [0.25, 0.3) is 0 Å². The fourth-order valence-electron chi connectivity index (χ4n) is 2.77. The smallest absolute Gasteiger partial charge is 0.233 e. The summed E-state index contributed by atoms with van der Waals surface area (Å²) in [6, 6.07) is 8.35. The summed E-state index contributed by atoms with van der Waals surface area (Å²) in [7, 11) is 2.18. The third-order valence-electron chi connectivity index (χ3n) is 4.39. The van der Waals surface area contributed by atoms with Crippen molar-refractivity contribution in [2.45, 2.75) is 43.3 Å². The quantitative estimate of drug-likeness (QED) is 0.816. The molecule has 1 saturated heterocycles. The molecule has 0 aromatic heterocycles. The molecule has 1 atom stereocenters. The predicted molar refractivity (Wildman–Crippen MR) is 94.3 cm³/mol. The van der Waals surface area contributed by atoms with Gasteiger partial charge in [0.15, 0.2) is 0 Å². The van der Waals surface area contributed by atoms with E-state index in [1.54, 1.807) is 11.8 Å². The van der Waals surface area contributed by atoms with E-state index in [1.165, 1.54) is 31.5 Å². The lowest BCUT2D eigenvalue weighted by molar-refractivity contribution is -0.120. The fraction of sp³-hybridized carbons (Fsp3) is 0.611. The van der Waals surface area contributed by atoms with Gasteiger partial charge in [-0.3, -0.25) is 4.79 Å². The molecule has 1 aromatic rings. The van der Waals surface area contributed by atoms with Gasteiger partial charge >= 0.3 is 0 Å². The lowest BCUT2D eigenvalue weighted by Crippen LogP contribution is -2.35. The number of nitrogens with one attached hydrogen (secondary N) is 1. The van der Waals surface area contributed by atoms with Crippen molar-refractivity contribution >= 4 is 17.7 Å². The standard InChI is InChI=1S/C18H28N2OS/c1-14-4-6-17(7-5-14)22-15(2)18(21)19-11-8-16-9-12-20(3)13-10-16/h4-7,15-16H,8-13H2,1-3H3,(H,19,21)/t15-/m1/s1. The second-order valence-electron chi connectivity index (χ2n) is 6.40. The van der Waals surface area contributed by atoms with Crippen LogP contribution < -0.4 is 5.32 Å². The molecule has 0 aliphatic carbocycles. The van der Waals surface area contributed by atoms with Crippen LogP contribution in [0.4, 0.5) is 0 Å². The number of benzene rings is 1. The van der Waals surface area contributed by atoms with Crippen LogP contribution >= 0.6 is 11.8 Å². The summed E-state index contributed by atoms with van der Waals surface area (Å²) in [5.74, 6) is 0.926. The van der Waals surface area contributed by atoms with Crippen molar-refractivity contribution in [3.63, 3.8) is 0 Å². The number of piperidine rings is 1. The van der Waals surface area contributed by atoms with E-state index in [9.17, 15) is 4.79 Å². The number of aryl methyl sites for hydroxylation is 1. The van der Waals surface area contributed by atoms with E-state index in [1.807, 2.05) is 6.92 Å². The highest BCUT2D eigenvalue weighted by molar-refractivity contribution is 8.00. The Morgan fingerprint density at radius 3 is 2.59 bits per heavy atom. The van der Waals surface area contributed by atoms with Gasteiger partial charge in [0.2, 0.25) is 5.91 Å². The average molecular weight is 321 g/mol. The molecule has 1 aromatic carbocycles. The number of thioether (sulfide) groups is 1. The molecular formula is C18H28N2OS. The van der Waals surface area contributed by atoms with Crippen LogP contribution in [0.25, 0.3) is 0 Å². The van der Waals surface area contributed by atoms with Crippen LogP contribution in [0.5, 0.6) is 0 Å². The highest BCUT2D eigenvalue weighted by Gasteiger charge is 2.18. The number of carbonyl (C=O) groups excluding carboxylic acids is 1. The van der Waals surface area contributed by atoms with Crippen molar-refractivity contribution in [2.75, 3.05) is 26.7 Å². The molecule has 0 saturated carbocycles. The minimum Gasteiger partial charge on any atom is -0.355 e. The summed E-state index contributed by atoms with van der Waals surface area (Å²) in [4.78, 5) is 15.7. The van der Waals surface area contributed by atoms with Crippen LogP contribution in [0, 0.1) is 12.8 Å². The minimum atomic E-state index is -0.0415. The first-order chi connectivity index (χ1) is 10.5. The Kier molecular flexibility index (Phi) is 6.77. The number of amides is 1. The summed E-state index contributed by atoms with van der Waals surface area (Å²) >= 11 is 1.63. The zero-order chi connectivity index (χ0) is 15.9. The summed E-state index contributed by atoms with van der Waals surface area (Å²) in [5.41, 5.74) is 1.25. The van der Waals surface area contributed by atoms with Crippen LogP contribution in [0.1, 0.15) is 31.7 Å². The van der Waals surface area contributed by atoms with Crippen molar-refractivity contribution in [2.24, 2.45) is 5.92 Å². The van der Waals surface area contributed by atoms with Gasteiger partial charge in [0, 0.05) is 11.4 Å². The molecule has 4 heteroatoms. The normalized spacial score (nSPS) is 18.1. The van der Waals surface area contributed by atoms with Crippen molar-refractivity contribution in [1.29, 1.82) is 0 Å². The Morgan fingerprint density at radius 1 is 1.32 bits per heavy atom. The Labute approximate surface area is 138 Å². The van der Waals surface area contributed by atoms with E-state index >= 15 is 0 Å². The van der Waals surface area contributed by atoms with Gasteiger partial charge in [0.1, 0.15) is 0 Å². The largest absolute Gasteiger partial charge is 0.355 e. The van der Waals surface area contributed by atoms with Gasteiger partial charge in [-0.15, -0.1) is 11.8 Å². The van der Waals surface area contributed by atoms with E-state index in [2.05, 4.69) is 48.5 Å². The molecule has 1 fully saturated rings. The molecule has 0 bridgehead atoms. The number of nitrogens with zero attached hydrogens (tertiary/aromatic N) is 1. The fourth-order valence-corrected chi connectivity index (χ4v) is 3.66. The molecule has 1 heterocycles. The van der Waals surface area contributed by atoms with Crippen LogP contribution in [0.3, 0.4) is 0 Å². The Bertz CT molecular complexity index is 466. The highest BCUT2D eigenvalue weighted by Crippen LogP contribution is 2.23. The van der Waals surface area contributed by atoms with E-state index < -0.39 is 0 Å². The summed E-state index contributed by atoms with van der Waals surface area (Å²) < 4.78 is 0. The Morgan fingerprint density at radius 2 is 1.95 bits per heavy atom. The third kappa shape index (κ3) is 5.65. The second kappa shape index (κ2) is 8.59. The molecular weight excluding hydrogens is 292 g/mol. The molecule has 3 nitrogen and oxygen atoms in total. The number of carbonyl (C=O) groups is 1. The molecule has 0 radical (unpaired) electrons. The molecule has 0 unspecified atom stereocenters. The van der Waals surface area contributed by atoms with Crippen LogP contribution in [0.15, 0.2) is 29.2 Å². The summed E-state index contributed by atoms with van der Waals surface area (Å²) in [6.07, 6.45) is 3.64. The average Bonchev–Trinajstić information content (AvgIpc) is 2.51. The maximum atomic E-state index is 12.2. The second-order valence-corrected chi connectivity index (χ2v) is 7.81. The zero-order valence-electron chi connectivity index (χ0n) is 14.0. The monoisotopic (exact) mass is 320 g/mol. The van der Waals surface area contributed by atoms with Crippen LogP contribution in [-0.2, 0) is 4.79 Å². The lowest BCUT2D eigenvalue weighted by atomic mass is 9.94. The van der Waals surface area contributed by atoms with E-state index in [-0.39, 0.29) is 11.2 Å². The SMILES string of the molecule is Cc1ccc(S[C@H](C)C(=O)NCCC2CCN(C)CC2)cc1. The zero-order valence-corrected chi connectivity index (χ0v) is 14.8. The highest BCUT2D eigenvalue weighted by atomic mass is 32.2. The van der Waals surface area contributed by atoms with Gasteiger partial charge in [0.05, 0.1) is 5.25 Å². The Hall–Kier alpha value is -1.00. The maximum Gasteiger partial charge on any atom is 0.233 e. The van der Waals surface area contributed by atoms with E-state index in [0.717, 1.165) is 23.8 Å².